The topological polar surface area (TPSA) is 67.3 Å². The second-order valence-corrected chi connectivity index (χ2v) is 6.45. The molecule has 0 amide bonds. The van der Waals surface area contributed by atoms with Crippen LogP contribution < -0.4 is 5.32 Å². The fraction of sp³-hybridized carbons (Fsp3) is 0.467. The third-order valence-electron chi connectivity index (χ3n) is 4.06. The maximum absolute atomic E-state index is 9.25. The summed E-state index contributed by atoms with van der Waals surface area (Å²) in [6.07, 6.45) is 3.32. The summed E-state index contributed by atoms with van der Waals surface area (Å²) in [7, 11) is 0. The van der Waals surface area contributed by atoms with Crippen LogP contribution in [-0.2, 0) is 4.74 Å². The normalized spacial score (nSPS) is 21.4. The quantitative estimate of drug-likeness (QED) is 0.874. The summed E-state index contributed by atoms with van der Waals surface area (Å²) in [6.45, 7) is 2.24. The molecule has 0 bridgehead atoms. The minimum absolute atomic E-state index is 0.0387. The van der Waals surface area contributed by atoms with Gasteiger partial charge in [-0.2, -0.15) is 0 Å². The highest BCUT2D eigenvalue weighted by Gasteiger charge is 2.34. The summed E-state index contributed by atoms with van der Waals surface area (Å²) in [6, 6.07) is 3.41. The lowest BCUT2D eigenvalue weighted by Crippen LogP contribution is -2.31. The van der Waals surface area contributed by atoms with Gasteiger partial charge in [0.2, 0.25) is 0 Å². The standard InChI is InChI=1S/C15H17Cl2N3O2/c16-10-5-12-13(6-11(10)17)20-14(7-18-12)19-8-15(1-3-21)2-4-22-9-15/h5-7,21H,1-4,8-9H2,(H,19,20)/t15-/m0/s1. The molecule has 1 fully saturated rings. The smallest absolute Gasteiger partial charge is 0.145 e. The largest absolute Gasteiger partial charge is 0.396 e. The van der Waals surface area contributed by atoms with E-state index >= 15 is 0 Å². The first-order valence-corrected chi connectivity index (χ1v) is 7.92. The summed E-state index contributed by atoms with van der Waals surface area (Å²) >= 11 is 12.0. The number of fused-ring (bicyclic) bond motifs is 1. The molecule has 0 aliphatic carbocycles. The Morgan fingerprint density at radius 3 is 2.73 bits per heavy atom. The van der Waals surface area contributed by atoms with Crippen LogP contribution in [0.3, 0.4) is 0 Å². The van der Waals surface area contributed by atoms with E-state index in [4.69, 9.17) is 27.9 Å². The summed E-state index contributed by atoms with van der Waals surface area (Å²) in [5.41, 5.74) is 1.36. The predicted molar refractivity (Wildman–Crippen MR) is 87.6 cm³/mol. The molecule has 0 saturated carbocycles. The Morgan fingerprint density at radius 2 is 2.05 bits per heavy atom. The molecule has 1 aliphatic heterocycles. The van der Waals surface area contributed by atoms with E-state index in [1.54, 1.807) is 18.3 Å². The van der Waals surface area contributed by atoms with Gasteiger partial charge < -0.3 is 15.2 Å². The van der Waals surface area contributed by atoms with E-state index in [-0.39, 0.29) is 12.0 Å². The Kier molecular flexibility index (Phi) is 4.68. The third kappa shape index (κ3) is 3.27. The van der Waals surface area contributed by atoms with E-state index in [1.165, 1.54) is 0 Å². The molecule has 1 aromatic carbocycles. The van der Waals surface area contributed by atoms with E-state index in [0.717, 1.165) is 13.0 Å². The van der Waals surface area contributed by atoms with E-state index in [1.807, 2.05) is 0 Å². The van der Waals surface area contributed by atoms with Gasteiger partial charge in [0.15, 0.2) is 0 Å². The van der Waals surface area contributed by atoms with Gasteiger partial charge in [-0.1, -0.05) is 23.2 Å². The van der Waals surface area contributed by atoms with Crippen molar-refractivity contribution < 1.29 is 9.84 Å². The van der Waals surface area contributed by atoms with E-state index in [9.17, 15) is 5.11 Å². The SMILES string of the molecule is OCC[C@@]1(CNc2cnc3cc(Cl)c(Cl)cc3n2)CCOC1. The lowest BCUT2D eigenvalue weighted by molar-refractivity contribution is 0.133. The molecule has 1 saturated heterocycles. The van der Waals surface area contributed by atoms with Gasteiger partial charge in [-0.3, -0.25) is 4.98 Å². The Labute approximate surface area is 138 Å². The van der Waals surface area contributed by atoms with Crippen molar-refractivity contribution in [1.29, 1.82) is 0 Å². The predicted octanol–water partition coefficient (Wildman–Crippen LogP) is 3.14. The maximum Gasteiger partial charge on any atom is 0.145 e. The number of nitrogens with zero attached hydrogens (tertiary/aromatic N) is 2. The van der Waals surface area contributed by atoms with Crippen molar-refractivity contribution in [2.24, 2.45) is 5.41 Å². The van der Waals surface area contributed by atoms with Crippen LogP contribution >= 0.6 is 23.2 Å². The molecule has 2 N–H and O–H groups in total. The number of rotatable bonds is 5. The Bertz CT molecular complexity index is 675. The van der Waals surface area contributed by atoms with Crippen molar-refractivity contribution in [1.82, 2.24) is 9.97 Å². The van der Waals surface area contributed by atoms with Crippen LogP contribution in [0.5, 0.6) is 0 Å². The maximum atomic E-state index is 9.25. The first kappa shape index (κ1) is 15.7. The van der Waals surface area contributed by atoms with E-state index < -0.39 is 0 Å². The fourth-order valence-corrected chi connectivity index (χ4v) is 3.00. The number of anilines is 1. The van der Waals surface area contributed by atoms with Crippen LogP contribution in [0.2, 0.25) is 10.0 Å². The van der Waals surface area contributed by atoms with Crippen molar-refractivity contribution >= 4 is 40.1 Å². The molecule has 22 heavy (non-hydrogen) atoms. The number of halogens is 2. The number of hydrogen-bond donors (Lipinski definition) is 2. The van der Waals surface area contributed by atoms with Gasteiger partial charge in [-0.05, 0) is 25.0 Å². The molecule has 1 aromatic heterocycles. The molecular weight excluding hydrogens is 325 g/mol. The van der Waals surface area contributed by atoms with Gasteiger partial charge in [-0.25, -0.2) is 4.98 Å². The van der Waals surface area contributed by atoms with Gasteiger partial charge in [0.05, 0.1) is 33.9 Å². The van der Waals surface area contributed by atoms with E-state index in [2.05, 4.69) is 15.3 Å². The third-order valence-corrected chi connectivity index (χ3v) is 4.78. The Morgan fingerprint density at radius 1 is 1.27 bits per heavy atom. The fourth-order valence-electron chi connectivity index (χ4n) is 2.68. The van der Waals surface area contributed by atoms with Crippen LogP contribution in [0.1, 0.15) is 12.8 Å². The average molecular weight is 342 g/mol. The molecule has 7 heteroatoms. The molecule has 1 aliphatic rings. The van der Waals surface area contributed by atoms with Crippen LogP contribution in [0, 0.1) is 5.41 Å². The summed E-state index contributed by atoms with van der Waals surface area (Å²) < 4.78 is 5.48. The first-order valence-electron chi connectivity index (χ1n) is 7.16. The molecule has 118 valence electrons. The van der Waals surface area contributed by atoms with Gasteiger partial charge in [0.1, 0.15) is 5.82 Å². The molecule has 3 rings (SSSR count). The zero-order valence-corrected chi connectivity index (χ0v) is 13.5. The number of hydrogen-bond acceptors (Lipinski definition) is 5. The van der Waals surface area contributed by atoms with Crippen molar-refractivity contribution in [3.05, 3.63) is 28.4 Å². The highest BCUT2D eigenvalue weighted by Crippen LogP contribution is 2.32. The zero-order valence-electron chi connectivity index (χ0n) is 12.0. The monoisotopic (exact) mass is 341 g/mol. The van der Waals surface area contributed by atoms with Crippen molar-refractivity contribution in [2.75, 3.05) is 31.7 Å². The van der Waals surface area contributed by atoms with Gasteiger partial charge in [0.25, 0.3) is 0 Å². The molecule has 2 heterocycles. The van der Waals surface area contributed by atoms with Crippen LogP contribution in [0.25, 0.3) is 11.0 Å². The lowest BCUT2D eigenvalue weighted by Gasteiger charge is -2.26. The Balaban J connectivity index is 1.77. The number of ether oxygens (including phenoxy) is 1. The summed E-state index contributed by atoms with van der Waals surface area (Å²) in [4.78, 5) is 8.86. The number of aliphatic hydroxyl groups is 1. The zero-order chi connectivity index (χ0) is 15.6. The van der Waals surface area contributed by atoms with Crippen LogP contribution in [-0.4, -0.2) is 41.4 Å². The molecule has 2 aromatic rings. The molecular formula is C15H17Cl2N3O2. The van der Waals surface area contributed by atoms with Crippen molar-refractivity contribution in [3.8, 4) is 0 Å². The molecule has 0 unspecified atom stereocenters. The number of nitrogens with one attached hydrogen (secondary N) is 1. The molecule has 0 radical (unpaired) electrons. The van der Waals surface area contributed by atoms with Crippen LogP contribution in [0.15, 0.2) is 18.3 Å². The summed E-state index contributed by atoms with van der Waals surface area (Å²) in [5, 5.41) is 13.5. The highest BCUT2D eigenvalue weighted by atomic mass is 35.5. The number of aromatic nitrogens is 2. The van der Waals surface area contributed by atoms with Gasteiger partial charge >= 0.3 is 0 Å². The second kappa shape index (κ2) is 6.54. The van der Waals surface area contributed by atoms with Gasteiger partial charge in [-0.15, -0.1) is 0 Å². The van der Waals surface area contributed by atoms with Crippen molar-refractivity contribution in [2.45, 2.75) is 12.8 Å². The minimum Gasteiger partial charge on any atom is -0.396 e. The summed E-state index contributed by atoms with van der Waals surface area (Å²) in [5.74, 6) is 0.676. The molecule has 1 atom stereocenters. The van der Waals surface area contributed by atoms with E-state index in [0.29, 0.717) is 46.5 Å². The highest BCUT2D eigenvalue weighted by molar-refractivity contribution is 6.42. The van der Waals surface area contributed by atoms with Gasteiger partial charge in [0, 0.05) is 25.2 Å². The lowest BCUT2D eigenvalue weighted by atomic mass is 9.84. The first-order chi connectivity index (χ1) is 10.6. The molecule has 5 nitrogen and oxygen atoms in total. The van der Waals surface area contributed by atoms with Crippen molar-refractivity contribution in [3.63, 3.8) is 0 Å². The van der Waals surface area contributed by atoms with Crippen LogP contribution in [0.4, 0.5) is 5.82 Å². The minimum atomic E-state index is -0.0387. The Hall–Kier alpha value is -1.14. The average Bonchev–Trinajstić information content (AvgIpc) is 2.96. The number of aliphatic hydroxyl groups excluding tert-OH is 1. The second-order valence-electron chi connectivity index (χ2n) is 5.64. The molecule has 0 spiro atoms. The number of benzene rings is 1.